The number of pyridine rings is 1. The van der Waals surface area contributed by atoms with Crippen LogP contribution in [0.3, 0.4) is 0 Å². The number of anilines is 2. The summed E-state index contributed by atoms with van der Waals surface area (Å²) in [5, 5.41) is 3.32. The topological polar surface area (TPSA) is 74.8 Å². The van der Waals surface area contributed by atoms with Crippen molar-refractivity contribution in [3.05, 3.63) is 53.3 Å². The molecule has 2 amide bonds. The van der Waals surface area contributed by atoms with Crippen molar-refractivity contribution in [2.75, 3.05) is 38.1 Å². The third-order valence-corrected chi connectivity index (χ3v) is 4.59. The zero-order valence-electron chi connectivity index (χ0n) is 16.6. The molecule has 0 aliphatic carbocycles. The second-order valence-corrected chi connectivity index (χ2v) is 6.91. The third-order valence-electron chi connectivity index (χ3n) is 4.59. The predicted molar refractivity (Wildman–Crippen MR) is 108 cm³/mol. The van der Waals surface area contributed by atoms with E-state index < -0.39 is 0 Å². The number of amides is 2. The number of ether oxygens (including phenoxy) is 1. The molecule has 2 heterocycles. The van der Waals surface area contributed by atoms with E-state index in [1.165, 1.54) is 11.1 Å². The summed E-state index contributed by atoms with van der Waals surface area (Å²) in [7, 11) is 0. The Balaban J connectivity index is 1.59. The summed E-state index contributed by atoms with van der Waals surface area (Å²) >= 11 is 0. The summed E-state index contributed by atoms with van der Waals surface area (Å²) in [5.41, 5.74) is 4.59. The maximum absolute atomic E-state index is 12.7. The Morgan fingerprint density at radius 1 is 1.00 bits per heavy atom. The maximum Gasteiger partial charge on any atom is 0.409 e. The van der Waals surface area contributed by atoms with E-state index in [0.29, 0.717) is 38.5 Å². The van der Waals surface area contributed by atoms with Gasteiger partial charge in [0.05, 0.1) is 18.5 Å². The van der Waals surface area contributed by atoms with E-state index in [4.69, 9.17) is 4.74 Å². The lowest BCUT2D eigenvalue weighted by Crippen LogP contribution is -2.50. The van der Waals surface area contributed by atoms with Gasteiger partial charge in [0.25, 0.3) is 5.91 Å². The summed E-state index contributed by atoms with van der Waals surface area (Å²) in [6.45, 7) is 8.13. The highest BCUT2D eigenvalue weighted by molar-refractivity contribution is 5.92. The number of benzene rings is 1. The van der Waals surface area contributed by atoms with Crippen LogP contribution in [0.4, 0.5) is 16.2 Å². The molecule has 28 heavy (non-hydrogen) atoms. The van der Waals surface area contributed by atoms with Gasteiger partial charge in [-0.25, -0.2) is 9.78 Å². The summed E-state index contributed by atoms with van der Waals surface area (Å²) in [5.74, 6) is -0.124. The second kappa shape index (κ2) is 8.73. The molecule has 0 saturated carbocycles. The number of hydrogen-bond donors (Lipinski definition) is 1. The summed E-state index contributed by atoms with van der Waals surface area (Å²) < 4.78 is 5.00. The fourth-order valence-corrected chi connectivity index (χ4v) is 3.28. The van der Waals surface area contributed by atoms with Gasteiger partial charge in [-0.3, -0.25) is 4.79 Å². The van der Waals surface area contributed by atoms with Gasteiger partial charge >= 0.3 is 6.09 Å². The van der Waals surface area contributed by atoms with Gasteiger partial charge < -0.3 is 19.9 Å². The molecular weight excluding hydrogens is 356 g/mol. The van der Waals surface area contributed by atoms with Crippen molar-refractivity contribution in [3.63, 3.8) is 0 Å². The number of carbonyl (C=O) groups is 2. The van der Waals surface area contributed by atoms with Crippen molar-refractivity contribution in [1.82, 2.24) is 14.8 Å². The van der Waals surface area contributed by atoms with Gasteiger partial charge in [0.2, 0.25) is 0 Å². The summed E-state index contributed by atoms with van der Waals surface area (Å²) in [4.78, 5) is 32.1. The largest absolute Gasteiger partial charge is 0.450 e. The Morgan fingerprint density at radius 3 is 2.21 bits per heavy atom. The summed E-state index contributed by atoms with van der Waals surface area (Å²) in [6, 6.07) is 9.83. The van der Waals surface area contributed by atoms with Crippen molar-refractivity contribution < 1.29 is 14.3 Å². The molecule has 7 nitrogen and oxygen atoms in total. The Morgan fingerprint density at radius 2 is 1.64 bits per heavy atom. The molecule has 2 aromatic rings. The first-order valence-electron chi connectivity index (χ1n) is 9.48. The van der Waals surface area contributed by atoms with Crippen molar-refractivity contribution in [1.29, 1.82) is 0 Å². The van der Waals surface area contributed by atoms with Crippen LogP contribution in [0.2, 0.25) is 0 Å². The lowest BCUT2D eigenvalue weighted by molar-refractivity contribution is 0.0566. The highest BCUT2D eigenvalue weighted by Gasteiger charge is 2.26. The zero-order chi connectivity index (χ0) is 20.1. The van der Waals surface area contributed by atoms with Crippen LogP contribution >= 0.6 is 0 Å². The number of carbonyl (C=O) groups excluding carboxylic acids is 2. The smallest absolute Gasteiger partial charge is 0.409 e. The average Bonchev–Trinajstić information content (AvgIpc) is 2.67. The Labute approximate surface area is 165 Å². The minimum atomic E-state index is -0.325. The van der Waals surface area contributed by atoms with Crippen LogP contribution in [-0.4, -0.2) is 59.6 Å². The summed E-state index contributed by atoms with van der Waals surface area (Å²) in [6.07, 6.45) is 1.34. The minimum absolute atomic E-state index is 0.124. The monoisotopic (exact) mass is 382 g/mol. The van der Waals surface area contributed by atoms with Gasteiger partial charge in [0, 0.05) is 31.9 Å². The van der Waals surface area contributed by atoms with Crippen LogP contribution in [0.5, 0.6) is 0 Å². The van der Waals surface area contributed by atoms with Gasteiger partial charge in [-0.05, 0) is 56.2 Å². The molecule has 0 spiro atoms. The molecule has 7 heteroatoms. The number of rotatable bonds is 4. The number of nitrogens with one attached hydrogen (secondary N) is 1. The van der Waals surface area contributed by atoms with Crippen LogP contribution in [0.25, 0.3) is 0 Å². The Bertz CT molecular complexity index is 823. The van der Waals surface area contributed by atoms with E-state index >= 15 is 0 Å². The van der Waals surface area contributed by atoms with Crippen molar-refractivity contribution in [2.24, 2.45) is 0 Å². The van der Waals surface area contributed by atoms with Crippen molar-refractivity contribution in [3.8, 4) is 0 Å². The minimum Gasteiger partial charge on any atom is -0.450 e. The first kappa shape index (κ1) is 19.7. The zero-order valence-corrected chi connectivity index (χ0v) is 16.6. The first-order valence-corrected chi connectivity index (χ1v) is 9.48. The lowest BCUT2D eigenvalue weighted by atomic mass is 10.1. The molecule has 0 atom stereocenters. The van der Waals surface area contributed by atoms with E-state index in [1.54, 1.807) is 29.0 Å². The van der Waals surface area contributed by atoms with Gasteiger partial charge in [-0.1, -0.05) is 6.07 Å². The number of piperazine rings is 1. The van der Waals surface area contributed by atoms with Crippen LogP contribution < -0.4 is 5.32 Å². The highest BCUT2D eigenvalue weighted by atomic mass is 16.6. The normalized spacial score (nSPS) is 14.0. The van der Waals surface area contributed by atoms with E-state index in [1.807, 2.05) is 6.07 Å². The van der Waals surface area contributed by atoms with Crippen LogP contribution in [-0.2, 0) is 4.74 Å². The van der Waals surface area contributed by atoms with Crippen LogP contribution in [0.15, 0.2) is 36.5 Å². The molecule has 1 aliphatic heterocycles. The van der Waals surface area contributed by atoms with Gasteiger partial charge in [0.1, 0.15) is 5.69 Å². The van der Waals surface area contributed by atoms with E-state index in [2.05, 4.69) is 42.3 Å². The fourth-order valence-electron chi connectivity index (χ4n) is 3.28. The number of aryl methyl sites for hydroxylation is 2. The molecular formula is C21H26N4O3. The molecule has 1 aromatic heterocycles. The number of aromatic nitrogens is 1. The average molecular weight is 382 g/mol. The second-order valence-electron chi connectivity index (χ2n) is 6.91. The van der Waals surface area contributed by atoms with Crippen molar-refractivity contribution in [2.45, 2.75) is 20.8 Å². The first-order chi connectivity index (χ1) is 13.5. The molecule has 0 radical (unpaired) electrons. The SMILES string of the molecule is CCOC(=O)N1CCN(C(=O)c2ccc(Nc3cc(C)cc(C)c3)cn2)CC1. The molecule has 0 unspecified atom stereocenters. The van der Waals surface area contributed by atoms with E-state index in [9.17, 15) is 9.59 Å². The number of hydrogen-bond acceptors (Lipinski definition) is 5. The molecule has 0 bridgehead atoms. The molecule has 1 aliphatic rings. The van der Waals surface area contributed by atoms with E-state index in [0.717, 1.165) is 11.4 Å². The van der Waals surface area contributed by atoms with E-state index in [-0.39, 0.29) is 12.0 Å². The quantitative estimate of drug-likeness (QED) is 0.878. The fraction of sp³-hybridized carbons (Fsp3) is 0.381. The van der Waals surface area contributed by atoms with Gasteiger partial charge in [-0.15, -0.1) is 0 Å². The highest BCUT2D eigenvalue weighted by Crippen LogP contribution is 2.19. The molecule has 1 fully saturated rings. The molecule has 1 saturated heterocycles. The lowest BCUT2D eigenvalue weighted by Gasteiger charge is -2.33. The third kappa shape index (κ3) is 4.79. The van der Waals surface area contributed by atoms with Crippen molar-refractivity contribution >= 4 is 23.4 Å². The van der Waals surface area contributed by atoms with Crippen LogP contribution in [0.1, 0.15) is 28.5 Å². The Kier molecular flexibility index (Phi) is 6.13. The van der Waals surface area contributed by atoms with Crippen LogP contribution in [0, 0.1) is 13.8 Å². The molecule has 148 valence electrons. The maximum atomic E-state index is 12.7. The molecule has 3 rings (SSSR count). The predicted octanol–water partition coefficient (Wildman–Crippen LogP) is 3.36. The number of nitrogens with zero attached hydrogens (tertiary/aromatic N) is 3. The molecule has 1 aromatic carbocycles. The standard InChI is InChI=1S/C21H26N4O3/c1-4-28-21(27)25-9-7-24(8-10-25)20(26)19-6-5-17(14-22-19)23-18-12-15(2)11-16(3)13-18/h5-6,11-14,23H,4,7-10H2,1-3H3. The van der Waals surface area contributed by atoms with Gasteiger partial charge in [0.15, 0.2) is 0 Å². The molecule has 1 N–H and O–H groups in total. The van der Waals surface area contributed by atoms with Gasteiger partial charge in [-0.2, -0.15) is 0 Å². The Hall–Kier alpha value is -3.09.